The lowest BCUT2D eigenvalue weighted by Gasteiger charge is -2.07. The van der Waals surface area contributed by atoms with Crippen LogP contribution in [-0.2, 0) is 6.61 Å². The van der Waals surface area contributed by atoms with Gasteiger partial charge in [0.2, 0.25) is 0 Å². The molecule has 88 valence electrons. The van der Waals surface area contributed by atoms with Crippen LogP contribution in [-0.4, -0.2) is 4.98 Å². The minimum absolute atomic E-state index is 0.0279. The fourth-order valence-corrected chi connectivity index (χ4v) is 1.51. The highest BCUT2D eigenvalue weighted by Gasteiger charge is 2.04. The summed E-state index contributed by atoms with van der Waals surface area (Å²) in [6.07, 6.45) is 1.52. The molecule has 1 aromatic carbocycles. The van der Waals surface area contributed by atoms with Gasteiger partial charge in [-0.05, 0) is 29.8 Å². The van der Waals surface area contributed by atoms with Crippen LogP contribution in [0.5, 0.6) is 5.75 Å². The minimum atomic E-state index is -0.638. The Morgan fingerprint density at radius 3 is 2.53 bits per heavy atom. The van der Waals surface area contributed by atoms with Crippen LogP contribution >= 0.6 is 11.6 Å². The van der Waals surface area contributed by atoms with Crippen LogP contribution in [0.1, 0.15) is 5.56 Å². The molecule has 0 aliphatic rings. The van der Waals surface area contributed by atoms with E-state index in [-0.39, 0.29) is 11.8 Å². The minimum Gasteiger partial charge on any atom is -0.486 e. The molecule has 0 N–H and O–H groups in total. The fourth-order valence-electron chi connectivity index (χ4n) is 1.33. The Morgan fingerprint density at radius 2 is 1.88 bits per heavy atom. The number of halogens is 3. The molecular formula is C12H8ClF2NO. The molecule has 1 aromatic heterocycles. The molecular weight excluding hydrogens is 248 g/mol. The summed E-state index contributed by atoms with van der Waals surface area (Å²) in [5, 5.41) is 0.212. The topological polar surface area (TPSA) is 22.1 Å². The van der Waals surface area contributed by atoms with Gasteiger partial charge in [0.05, 0.1) is 0 Å². The van der Waals surface area contributed by atoms with E-state index >= 15 is 0 Å². The molecule has 5 heteroatoms. The van der Waals surface area contributed by atoms with E-state index in [1.54, 1.807) is 12.1 Å². The Labute approximate surface area is 102 Å². The first kappa shape index (κ1) is 11.8. The molecule has 0 spiro atoms. The van der Waals surface area contributed by atoms with Crippen LogP contribution < -0.4 is 4.74 Å². The number of benzene rings is 1. The third kappa shape index (κ3) is 3.14. The van der Waals surface area contributed by atoms with Crippen LogP contribution in [0.15, 0.2) is 36.5 Å². The van der Waals surface area contributed by atoms with E-state index in [1.165, 1.54) is 18.3 Å². The molecule has 0 atom stereocenters. The molecule has 1 heterocycles. The van der Waals surface area contributed by atoms with E-state index in [0.29, 0.717) is 11.3 Å². The van der Waals surface area contributed by atoms with Gasteiger partial charge in [-0.15, -0.1) is 0 Å². The molecule has 0 saturated carbocycles. The molecule has 0 aliphatic carbocycles. The predicted octanol–water partition coefficient (Wildman–Crippen LogP) is 3.59. The lowest BCUT2D eigenvalue weighted by Crippen LogP contribution is -1.98. The second-order valence-electron chi connectivity index (χ2n) is 3.36. The molecule has 0 fully saturated rings. The van der Waals surface area contributed by atoms with Gasteiger partial charge in [0, 0.05) is 12.3 Å². The predicted molar refractivity (Wildman–Crippen MR) is 59.9 cm³/mol. The van der Waals surface area contributed by atoms with E-state index in [2.05, 4.69) is 4.98 Å². The molecule has 0 amide bonds. The quantitative estimate of drug-likeness (QED) is 0.782. The SMILES string of the molecule is Fc1cc(F)cc(COc2cccnc2Cl)c1. The number of pyridine rings is 1. The molecule has 0 bridgehead atoms. The van der Waals surface area contributed by atoms with Crippen molar-refractivity contribution in [3.8, 4) is 5.75 Å². The lowest BCUT2D eigenvalue weighted by molar-refractivity contribution is 0.304. The van der Waals surface area contributed by atoms with Crippen molar-refractivity contribution in [2.45, 2.75) is 6.61 Å². The first-order valence-electron chi connectivity index (χ1n) is 4.83. The summed E-state index contributed by atoms with van der Waals surface area (Å²) >= 11 is 5.77. The summed E-state index contributed by atoms with van der Waals surface area (Å²) in [6, 6.07) is 6.50. The smallest absolute Gasteiger partial charge is 0.171 e. The average Bonchev–Trinajstić information content (AvgIpc) is 2.27. The van der Waals surface area contributed by atoms with Gasteiger partial charge in [-0.3, -0.25) is 0 Å². The van der Waals surface area contributed by atoms with Gasteiger partial charge < -0.3 is 4.74 Å². The van der Waals surface area contributed by atoms with Crippen molar-refractivity contribution in [3.63, 3.8) is 0 Å². The standard InChI is InChI=1S/C12H8ClF2NO/c13-12-11(2-1-3-16-12)17-7-8-4-9(14)6-10(15)5-8/h1-6H,7H2. The van der Waals surface area contributed by atoms with Crippen molar-refractivity contribution in [1.82, 2.24) is 4.98 Å². The van der Waals surface area contributed by atoms with E-state index < -0.39 is 11.6 Å². The number of nitrogens with zero attached hydrogens (tertiary/aromatic N) is 1. The number of aromatic nitrogens is 1. The molecule has 0 saturated heterocycles. The van der Waals surface area contributed by atoms with Crippen molar-refractivity contribution in [2.75, 3.05) is 0 Å². The van der Waals surface area contributed by atoms with Gasteiger partial charge in [0.1, 0.15) is 18.2 Å². The lowest BCUT2D eigenvalue weighted by atomic mass is 10.2. The average molecular weight is 256 g/mol. The maximum atomic E-state index is 12.9. The van der Waals surface area contributed by atoms with Gasteiger partial charge in [0.15, 0.2) is 10.9 Å². The van der Waals surface area contributed by atoms with Crippen LogP contribution in [0.4, 0.5) is 8.78 Å². The third-order valence-electron chi connectivity index (χ3n) is 2.04. The largest absolute Gasteiger partial charge is 0.486 e. The number of rotatable bonds is 3. The van der Waals surface area contributed by atoms with Crippen molar-refractivity contribution in [3.05, 3.63) is 58.9 Å². The van der Waals surface area contributed by atoms with Crippen molar-refractivity contribution in [2.24, 2.45) is 0 Å². The molecule has 0 radical (unpaired) electrons. The van der Waals surface area contributed by atoms with Crippen molar-refractivity contribution >= 4 is 11.6 Å². The Morgan fingerprint density at radius 1 is 1.18 bits per heavy atom. The van der Waals surface area contributed by atoms with Crippen molar-refractivity contribution in [1.29, 1.82) is 0 Å². The first-order valence-corrected chi connectivity index (χ1v) is 5.21. The highest BCUT2D eigenvalue weighted by molar-refractivity contribution is 6.30. The van der Waals surface area contributed by atoms with E-state index in [9.17, 15) is 8.78 Å². The van der Waals surface area contributed by atoms with Gasteiger partial charge in [-0.1, -0.05) is 11.6 Å². The second-order valence-corrected chi connectivity index (χ2v) is 3.72. The summed E-state index contributed by atoms with van der Waals surface area (Å²) in [7, 11) is 0. The molecule has 2 aromatic rings. The Balaban J connectivity index is 2.10. The Kier molecular flexibility index (Phi) is 3.54. The van der Waals surface area contributed by atoms with Crippen LogP contribution in [0.2, 0.25) is 5.15 Å². The first-order chi connectivity index (χ1) is 8.15. The van der Waals surface area contributed by atoms with Crippen molar-refractivity contribution < 1.29 is 13.5 Å². The Hall–Kier alpha value is -1.68. The zero-order valence-corrected chi connectivity index (χ0v) is 9.42. The highest BCUT2D eigenvalue weighted by Crippen LogP contribution is 2.21. The number of ether oxygens (including phenoxy) is 1. The van der Waals surface area contributed by atoms with Gasteiger partial charge in [0.25, 0.3) is 0 Å². The molecule has 0 aliphatic heterocycles. The summed E-state index contributed by atoms with van der Waals surface area (Å²) in [4.78, 5) is 3.82. The summed E-state index contributed by atoms with van der Waals surface area (Å²) < 4.78 is 31.1. The second kappa shape index (κ2) is 5.10. The fraction of sp³-hybridized carbons (Fsp3) is 0.0833. The van der Waals surface area contributed by atoms with E-state index in [0.717, 1.165) is 6.07 Å². The normalized spacial score (nSPS) is 10.3. The Bertz CT molecular complexity index is 513. The summed E-state index contributed by atoms with van der Waals surface area (Å²) in [5.41, 5.74) is 0.391. The third-order valence-corrected chi connectivity index (χ3v) is 2.33. The van der Waals surface area contributed by atoms with Gasteiger partial charge in [-0.2, -0.15) is 0 Å². The molecule has 2 rings (SSSR count). The monoisotopic (exact) mass is 255 g/mol. The number of hydrogen-bond donors (Lipinski definition) is 0. The molecule has 2 nitrogen and oxygen atoms in total. The maximum absolute atomic E-state index is 12.9. The summed E-state index contributed by atoms with van der Waals surface area (Å²) in [6.45, 7) is 0.0279. The molecule has 17 heavy (non-hydrogen) atoms. The number of hydrogen-bond acceptors (Lipinski definition) is 2. The van der Waals surface area contributed by atoms with Crippen LogP contribution in [0.25, 0.3) is 0 Å². The maximum Gasteiger partial charge on any atom is 0.171 e. The van der Waals surface area contributed by atoms with Crippen LogP contribution in [0, 0.1) is 11.6 Å². The van der Waals surface area contributed by atoms with E-state index in [1.807, 2.05) is 0 Å². The zero-order chi connectivity index (χ0) is 12.3. The molecule has 0 unspecified atom stereocenters. The summed E-state index contributed by atoms with van der Waals surface area (Å²) in [5.74, 6) is -0.902. The van der Waals surface area contributed by atoms with Crippen LogP contribution in [0.3, 0.4) is 0 Å². The zero-order valence-electron chi connectivity index (χ0n) is 8.66. The van der Waals surface area contributed by atoms with Gasteiger partial charge >= 0.3 is 0 Å². The van der Waals surface area contributed by atoms with Gasteiger partial charge in [-0.25, -0.2) is 13.8 Å². The highest BCUT2D eigenvalue weighted by atomic mass is 35.5. The van der Waals surface area contributed by atoms with E-state index in [4.69, 9.17) is 16.3 Å².